The number of aromatic nitrogens is 1. The Morgan fingerprint density at radius 3 is 2.76 bits per heavy atom. The number of nitrogens with one attached hydrogen (secondary N) is 1. The maximum atomic E-state index is 12.6. The first kappa shape index (κ1) is 15.8. The smallest absolute Gasteiger partial charge is 0.244 e. The van der Waals surface area contributed by atoms with Crippen LogP contribution < -0.4 is 5.32 Å². The average molecular weight is 311 g/mol. The lowest BCUT2D eigenvalue weighted by molar-refractivity contribution is 0.463. The third-order valence-electron chi connectivity index (χ3n) is 3.35. The Bertz CT molecular complexity index is 674. The highest BCUT2D eigenvalue weighted by atomic mass is 32.2. The van der Waals surface area contributed by atoms with Crippen LogP contribution in [0.4, 0.5) is 0 Å². The van der Waals surface area contributed by atoms with E-state index >= 15 is 0 Å². The van der Waals surface area contributed by atoms with Crippen LogP contribution in [0, 0.1) is 0 Å². The summed E-state index contributed by atoms with van der Waals surface area (Å²) in [5.41, 5.74) is 1.78. The second-order valence-corrected chi connectivity index (χ2v) is 6.92. The second-order valence-electron chi connectivity index (χ2n) is 4.88. The highest BCUT2D eigenvalue weighted by Crippen LogP contribution is 2.20. The lowest BCUT2D eigenvalue weighted by atomic mass is 10.3. The van der Waals surface area contributed by atoms with E-state index in [0.717, 1.165) is 17.8 Å². The predicted molar refractivity (Wildman–Crippen MR) is 80.2 cm³/mol. The molecular formula is C14H21N3O3S. The fourth-order valence-corrected chi connectivity index (χ4v) is 3.42. The fraction of sp³-hybridized carbons (Fsp3) is 0.429. The molecule has 21 heavy (non-hydrogen) atoms. The van der Waals surface area contributed by atoms with E-state index in [4.69, 9.17) is 4.42 Å². The molecule has 2 heterocycles. The summed E-state index contributed by atoms with van der Waals surface area (Å²) in [6.07, 6.45) is 4.78. The van der Waals surface area contributed by atoms with Crippen molar-refractivity contribution in [2.75, 3.05) is 14.1 Å². The molecule has 0 fully saturated rings. The van der Waals surface area contributed by atoms with Gasteiger partial charge in [0, 0.05) is 44.1 Å². The van der Waals surface area contributed by atoms with Crippen LogP contribution >= 0.6 is 0 Å². The summed E-state index contributed by atoms with van der Waals surface area (Å²) in [6.45, 7) is 3.65. The molecule has 116 valence electrons. The quantitative estimate of drug-likeness (QED) is 0.844. The lowest BCUT2D eigenvalue weighted by Gasteiger charge is -2.15. The molecule has 7 heteroatoms. The van der Waals surface area contributed by atoms with Crippen LogP contribution in [-0.2, 0) is 29.7 Å². The van der Waals surface area contributed by atoms with Gasteiger partial charge in [-0.3, -0.25) is 0 Å². The first-order chi connectivity index (χ1) is 9.98. The largest absolute Gasteiger partial charge is 0.472 e. The van der Waals surface area contributed by atoms with Crippen molar-refractivity contribution in [3.63, 3.8) is 0 Å². The molecule has 2 rings (SSSR count). The van der Waals surface area contributed by atoms with E-state index in [-0.39, 0.29) is 6.54 Å². The minimum absolute atomic E-state index is 0.289. The summed E-state index contributed by atoms with van der Waals surface area (Å²) >= 11 is 0. The molecule has 0 saturated carbocycles. The Morgan fingerprint density at radius 1 is 1.43 bits per heavy atom. The Hall–Kier alpha value is -1.57. The highest BCUT2D eigenvalue weighted by Gasteiger charge is 2.23. The zero-order valence-electron chi connectivity index (χ0n) is 12.5. The Morgan fingerprint density at radius 2 is 2.19 bits per heavy atom. The van der Waals surface area contributed by atoms with Gasteiger partial charge in [0.1, 0.15) is 4.90 Å². The molecule has 2 aromatic rings. The number of sulfonamides is 1. The van der Waals surface area contributed by atoms with E-state index in [1.165, 1.54) is 10.6 Å². The third-order valence-corrected chi connectivity index (χ3v) is 5.12. The molecule has 0 spiro atoms. The van der Waals surface area contributed by atoms with Crippen LogP contribution in [0.2, 0.25) is 0 Å². The number of nitrogens with zero attached hydrogens (tertiary/aromatic N) is 2. The summed E-state index contributed by atoms with van der Waals surface area (Å²) in [5.74, 6) is 0. The van der Waals surface area contributed by atoms with Crippen molar-refractivity contribution in [2.45, 2.75) is 31.5 Å². The van der Waals surface area contributed by atoms with Crippen LogP contribution in [0.15, 0.2) is 40.2 Å². The zero-order valence-corrected chi connectivity index (χ0v) is 13.4. The summed E-state index contributed by atoms with van der Waals surface area (Å²) in [4.78, 5) is 0.320. The summed E-state index contributed by atoms with van der Waals surface area (Å²) in [7, 11) is -0.0898. The van der Waals surface area contributed by atoms with Crippen molar-refractivity contribution >= 4 is 10.0 Å². The van der Waals surface area contributed by atoms with Crippen molar-refractivity contribution in [3.8, 4) is 0 Å². The van der Waals surface area contributed by atoms with E-state index in [0.29, 0.717) is 11.4 Å². The molecule has 6 nitrogen and oxygen atoms in total. The molecule has 0 unspecified atom stereocenters. The monoisotopic (exact) mass is 311 g/mol. The van der Waals surface area contributed by atoms with Gasteiger partial charge in [-0.25, -0.2) is 8.42 Å². The van der Waals surface area contributed by atoms with Gasteiger partial charge in [0.2, 0.25) is 10.0 Å². The first-order valence-corrected chi connectivity index (χ1v) is 8.24. The van der Waals surface area contributed by atoms with Gasteiger partial charge < -0.3 is 14.3 Å². The van der Waals surface area contributed by atoms with Gasteiger partial charge >= 0.3 is 0 Å². The van der Waals surface area contributed by atoms with Gasteiger partial charge in [-0.2, -0.15) is 4.31 Å². The maximum Gasteiger partial charge on any atom is 0.244 e. The standard InChI is InChI=1S/C14H21N3O3S/c1-4-17-10-14(7-13(17)8-15-2)21(18,19)16(3)9-12-5-6-20-11-12/h5-7,10-11,15H,4,8-9H2,1-3H3. The SMILES string of the molecule is CCn1cc(S(=O)(=O)N(C)Cc2ccoc2)cc1CNC. The number of rotatable bonds is 7. The number of hydrogen-bond acceptors (Lipinski definition) is 4. The molecule has 0 aliphatic heterocycles. The zero-order chi connectivity index (χ0) is 15.5. The van der Waals surface area contributed by atoms with Gasteiger partial charge in [-0.1, -0.05) is 0 Å². The minimum Gasteiger partial charge on any atom is -0.472 e. The number of aryl methyl sites for hydroxylation is 1. The van der Waals surface area contributed by atoms with E-state index in [1.807, 2.05) is 18.5 Å². The molecule has 0 aliphatic rings. The van der Waals surface area contributed by atoms with Crippen molar-refractivity contribution in [1.82, 2.24) is 14.2 Å². The Labute approximate surface area is 125 Å². The molecular weight excluding hydrogens is 290 g/mol. The second kappa shape index (κ2) is 6.46. The van der Waals surface area contributed by atoms with Crippen molar-refractivity contribution in [1.29, 1.82) is 0 Å². The van der Waals surface area contributed by atoms with Crippen molar-refractivity contribution < 1.29 is 12.8 Å². The normalized spacial score (nSPS) is 12.2. The Kier molecular flexibility index (Phi) is 4.87. The van der Waals surface area contributed by atoms with E-state index < -0.39 is 10.0 Å². The van der Waals surface area contributed by atoms with Crippen molar-refractivity contribution in [2.24, 2.45) is 0 Å². The number of hydrogen-bond donors (Lipinski definition) is 1. The Balaban J connectivity index is 2.26. The van der Waals surface area contributed by atoms with Gasteiger partial charge in [-0.05, 0) is 26.1 Å². The molecule has 0 saturated heterocycles. The highest BCUT2D eigenvalue weighted by molar-refractivity contribution is 7.89. The third kappa shape index (κ3) is 3.37. The van der Waals surface area contributed by atoms with E-state index in [1.54, 1.807) is 31.6 Å². The molecule has 0 bridgehead atoms. The topological polar surface area (TPSA) is 67.5 Å². The fourth-order valence-electron chi connectivity index (χ4n) is 2.19. The average Bonchev–Trinajstić information content (AvgIpc) is 3.08. The maximum absolute atomic E-state index is 12.6. The summed E-state index contributed by atoms with van der Waals surface area (Å²) < 4.78 is 33.5. The molecule has 0 aliphatic carbocycles. The molecule has 0 atom stereocenters. The summed E-state index contributed by atoms with van der Waals surface area (Å²) in [6, 6.07) is 3.48. The van der Waals surface area contributed by atoms with Crippen LogP contribution in [0.3, 0.4) is 0 Å². The van der Waals surface area contributed by atoms with E-state index in [2.05, 4.69) is 5.32 Å². The molecule has 1 N–H and O–H groups in total. The van der Waals surface area contributed by atoms with Gasteiger partial charge in [-0.15, -0.1) is 0 Å². The minimum atomic E-state index is -3.50. The molecule has 0 amide bonds. The van der Waals surface area contributed by atoms with Crippen molar-refractivity contribution in [3.05, 3.63) is 42.1 Å². The first-order valence-electron chi connectivity index (χ1n) is 6.80. The van der Waals surface area contributed by atoms with Gasteiger partial charge in [0.25, 0.3) is 0 Å². The van der Waals surface area contributed by atoms with E-state index in [9.17, 15) is 8.42 Å². The summed E-state index contributed by atoms with van der Waals surface area (Å²) in [5, 5.41) is 3.05. The van der Waals surface area contributed by atoms with Crippen LogP contribution in [-0.4, -0.2) is 31.4 Å². The van der Waals surface area contributed by atoms with Gasteiger partial charge in [0.05, 0.1) is 12.5 Å². The van der Waals surface area contributed by atoms with Crippen LogP contribution in [0.25, 0.3) is 0 Å². The van der Waals surface area contributed by atoms with Gasteiger partial charge in [0.15, 0.2) is 0 Å². The predicted octanol–water partition coefficient (Wildman–Crippen LogP) is 1.64. The number of furan rings is 1. The van der Waals surface area contributed by atoms with Crippen LogP contribution in [0.1, 0.15) is 18.2 Å². The molecule has 2 aromatic heterocycles. The van der Waals surface area contributed by atoms with Crippen LogP contribution in [0.5, 0.6) is 0 Å². The molecule has 0 aromatic carbocycles. The lowest BCUT2D eigenvalue weighted by Crippen LogP contribution is -2.26. The molecule has 0 radical (unpaired) electrons.